The minimum atomic E-state index is -1.22. The number of esters is 2. The van der Waals surface area contributed by atoms with Gasteiger partial charge in [0.25, 0.3) is 0 Å². The Kier molecular flexibility index (Phi) is 11.7. The van der Waals surface area contributed by atoms with Gasteiger partial charge in [-0.2, -0.15) is 0 Å². The maximum atomic E-state index is 13.8. The van der Waals surface area contributed by atoms with Crippen molar-refractivity contribution in [1.29, 1.82) is 0 Å². The van der Waals surface area contributed by atoms with Gasteiger partial charge in [0.05, 0.1) is 34.1 Å². The number of phenolic OH excluding ortho intramolecular Hbond substituents is 4. The molecule has 0 amide bonds. The van der Waals surface area contributed by atoms with E-state index in [0.717, 1.165) is 12.1 Å². The summed E-state index contributed by atoms with van der Waals surface area (Å²) in [6.07, 6.45) is 2.40. The van der Waals surface area contributed by atoms with Gasteiger partial charge in [0.1, 0.15) is 35.2 Å². The molecule has 0 radical (unpaired) electrons. The first-order chi connectivity index (χ1) is 29.7. The van der Waals surface area contributed by atoms with Crippen LogP contribution in [-0.2, 0) is 19.1 Å². The molecule has 62 heavy (non-hydrogen) atoms. The Morgan fingerprint density at radius 1 is 0.516 bits per heavy atom. The molecule has 8 N–H and O–H groups in total. The van der Waals surface area contributed by atoms with Crippen molar-refractivity contribution < 1.29 is 58.7 Å². The van der Waals surface area contributed by atoms with Crippen molar-refractivity contribution in [2.75, 3.05) is 0 Å². The van der Waals surface area contributed by atoms with Gasteiger partial charge in [-0.1, -0.05) is 48.5 Å². The zero-order valence-electron chi connectivity index (χ0n) is 33.9. The SMILES string of the molecule is NC1CCC(C(=O)OC(CCCCC(OC(=O)C2CCC(N)CC2)c2cc(O)c3c(c2O)C(=O)c2ccccc2C3=O)c2cc(O)c3c(c2O)C(=O)c2ccccc2C3=O)CC1. The molecule has 4 aromatic carbocycles. The topological polar surface area (TPSA) is 254 Å². The van der Waals surface area contributed by atoms with Crippen LogP contribution in [0.5, 0.6) is 23.0 Å². The maximum absolute atomic E-state index is 13.8. The zero-order valence-corrected chi connectivity index (χ0v) is 33.9. The molecule has 2 unspecified atom stereocenters. The van der Waals surface area contributed by atoms with Crippen molar-refractivity contribution in [3.8, 4) is 23.0 Å². The van der Waals surface area contributed by atoms with E-state index in [1.165, 1.54) is 24.3 Å². The molecule has 2 saturated carbocycles. The fourth-order valence-corrected chi connectivity index (χ4v) is 9.44. The summed E-state index contributed by atoms with van der Waals surface area (Å²) < 4.78 is 12.2. The standard InChI is InChI=1S/C48H48N2O12/c49-25-17-13-23(14-18-25)47(59)61-35(31-21-33(51)37-39(45(31)57)43(55)29-9-3-1-7-27(29)41(37)53)11-5-6-12-36(62-48(60)24-15-19-26(50)20-16-24)32-22-34(52)38-40(46(32)58)44(56)30-10-4-2-8-28(30)42(38)54/h1-4,7-10,21-26,35-36,51-52,57-58H,5-6,11-20,49-50H2. The molecule has 0 saturated heterocycles. The summed E-state index contributed by atoms with van der Waals surface area (Å²) in [7, 11) is 0. The Morgan fingerprint density at radius 2 is 0.823 bits per heavy atom. The molecule has 322 valence electrons. The van der Waals surface area contributed by atoms with E-state index in [4.69, 9.17) is 20.9 Å². The number of rotatable bonds is 11. The van der Waals surface area contributed by atoms with Gasteiger partial charge in [0.2, 0.25) is 0 Å². The lowest BCUT2D eigenvalue weighted by Gasteiger charge is -2.29. The fourth-order valence-electron chi connectivity index (χ4n) is 9.44. The molecule has 14 nitrogen and oxygen atoms in total. The normalized spacial score (nSPS) is 21.5. The smallest absolute Gasteiger partial charge is 0.309 e. The van der Waals surface area contributed by atoms with Crippen LogP contribution in [0.4, 0.5) is 0 Å². The van der Waals surface area contributed by atoms with Crippen molar-refractivity contribution in [2.45, 2.75) is 101 Å². The minimum Gasteiger partial charge on any atom is -0.507 e. The highest BCUT2D eigenvalue weighted by atomic mass is 16.5. The number of fused-ring (bicyclic) bond motifs is 4. The lowest BCUT2D eigenvalue weighted by atomic mass is 9.81. The van der Waals surface area contributed by atoms with E-state index in [1.54, 1.807) is 24.3 Å². The van der Waals surface area contributed by atoms with E-state index >= 15 is 0 Å². The quantitative estimate of drug-likeness (QED) is 0.0461. The summed E-state index contributed by atoms with van der Waals surface area (Å²) in [5.41, 5.74) is 10.7. The summed E-state index contributed by atoms with van der Waals surface area (Å²) in [4.78, 5) is 81.9. The second kappa shape index (κ2) is 17.2. The monoisotopic (exact) mass is 844 g/mol. The Hall–Kier alpha value is -6.38. The van der Waals surface area contributed by atoms with Gasteiger partial charge in [-0.3, -0.25) is 28.8 Å². The highest BCUT2D eigenvalue weighted by molar-refractivity contribution is 6.31. The maximum Gasteiger partial charge on any atom is 0.309 e. The Morgan fingerprint density at radius 3 is 1.15 bits per heavy atom. The highest BCUT2D eigenvalue weighted by Crippen LogP contribution is 2.47. The van der Waals surface area contributed by atoms with Gasteiger partial charge in [0, 0.05) is 45.5 Å². The fraction of sp³-hybridized carbons (Fsp3) is 0.375. The van der Waals surface area contributed by atoms with Gasteiger partial charge in [-0.25, -0.2) is 0 Å². The van der Waals surface area contributed by atoms with Crippen molar-refractivity contribution in [2.24, 2.45) is 23.3 Å². The number of hydrogen-bond acceptors (Lipinski definition) is 14. The van der Waals surface area contributed by atoms with E-state index < -0.39 is 93.2 Å². The molecule has 0 spiro atoms. The molecule has 0 aliphatic heterocycles. The first kappa shape index (κ1) is 42.3. The molecule has 2 fully saturated rings. The van der Waals surface area contributed by atoms with Crippen LogP contribution in [0.3, 0.4) is 0 Å². The molecular weight excluding hydrogens is 797 g/mol. The van der Waals surface area contributed by atoms with Gasteiger partial charge in [-0.05, 0) is 89.2 Å². The van der Waals surface area contributed by atoms with Crippen LogP contribution < -0.4 is 11.5 Å². The van der Waals surface area contributed by atoms with E-state index in [0.29, 0.717) is 51.4 Å². The summed E-state index contributed by atoms with van der Waals surface area (Å²) in [6, 6.07) is 14.3. The lowest BCUT2D eigenvalue weighted by Crippen LogP contribution is -2.31. The number of aromatic hydroxyl groups is 4. The number of nitrogens with two attached hydrogens (primary N) is 2. The molecule has 0 aromatic heterocycles. The summed E-state index contributed by atoms with van der Waals surface area (Å²) in [5, 5.41) is 46.0. The molecule has 14 heteroatoms. The van der Waals surface area contributed by atoms with Crippen molar-refractivity contribution in [1.82, 2.24) is 0 Å². The molecular formula is C48H48N2O12. The van der Waals surface area contributed by atoms with Crippen LogP contribution in [0, 0.1) is 11.8 Å². The number of unbranched alkanes of at least 4 members (excludes halogenated alkanes) is 1. The van der Waals surface area contributed by atoms with Gasteiger partial charge >= 0.3 is 11.9 Å². The number of phenols is 4. The number of carbonyl (C=O) groups excluding carboxylic acids is 6. The summed E-state index contributed by atoms with van der Waals surface area (Å²) in [6.45, 7) is 0. The summed E-state index contributed by atoms with van der Waals surface area (Å²) >= 11 is 0. The minimum absolute atomic E-state index is 0.0227. The van der Waals surface area contributed by atoms with Crippen molar-refractivity contribution in [3.05, 3.63) is 116 Å². The predicted molar refractivity (Wildman–Crippen MR) is 222 cm³/mol. The van der Waals surface area contributed by atoms with Gasteiger partial charge in [0.15, 0.2) is 23.1 Å². The van der Waals surface area contributed by atoms with Crippen molar-refractivity contribution >= 4 is 35.1 Å². The lowest BCUT2D eigenvalue weighted by molar-refractivity contribution is -0.157. The Labute approximate surface area is 356 Å². The summed E-state index contributed by atoms with van der Waals surface area (Å²) in [5.74, 6) is -7.10. The molecule has 0 heterocycles. The average Bonchev–Trinajstić information content (AvgIpc) is 3.27. The molecule has 4 aliphatic carbocycles. The largest absolute Gasteiger partial charge is 0.507 e. The molecule has 2 atom stereocenters. The van der Waals surface area contributed by atoms with Crippen molar-refractivity contribution in [3.63, 3.8) is 0 Å². The number of benzene rings is 4. The van der Waals surface area contributed by atoms with E-state index in [2.05, 4.69) is 0 Å². The third-order valence-corrected chi connectivity index (χ3v) is 13.0. The first-order valence-electron chi connectivity index (χ1n) is 21.2. The zero-order chi connectivity index (χ0) is 44.0. The Balaban J connectivity index is 1.09. The van der Waals surface area contributed by atoms with Crippen LogP contribution in [-0.4, -0.2) is 67.6 Å². The van der Waals surface area contributed by atoms with Gasteiger partial charge < -0.3 is 41.4 Å². The molecule has 0 bridgehead atoms. The van der Waals surface area contributed by atoms with Crippen LogP contribution >= 0.6 is 0 Å². The van der Waals surface area contributed by atoms with E-state index in [-0.39, 0.29) is 82.3 Å². The van der Waals surface area contributed by atoms with Crippen LogP contribution in [0.2, 0.25) is 0 Å². The van der Waals surface area contributed by atoms with Crippen LogP contribution in [0.1, 0.15) is 164 Å². The Bertz CT molecular complexity index is 2340. The third kappa shape index (κ3) is 7.73. The predicted octanol–water partition coefficient (Wildman–Crippen LogP) is 6.52. The third-order valence-electron chi connectivity index (χ3n) is 13.0. The molecule has 4 aliphatic rings. The molecule has 8 rings (SSSR count). The number of hydrogen-bond donors (Lipinski definition) is 6. The first-order valence-corrected chi connectivity index (χ1v) is 21.2. The molecule has 4 aromatic rings. The highest BCUT2D eigenvalue weighted by Gasteiger charge is 2.40. The average molecular weight is 845 g/mol. The van der Waals surface area contributed by atoms with Crippen LogP contribution in [0.25, 0.3) is 0 Å². The van der Waals surface area contributed by atoms with Gasteiger partial charge in [-0.15, -0.1) is 0 Å². The second-order valence-corrected chi connectivity index (χ2v) is 16.9. The van der Waals surface area contributed by atoms with E-state index in [9.17, 15) is 49.2 Å². The van der Waals surface area contributed by atoms with Crippen LogP contribution in [0.15, 0.2) is 60.7 Å². The number of ether oxygens (including phenoxy) is 2. The number of carbonyl (C=O) groups is 6. The van der Waals surface area contributed by atoms with E-state index in [1.807, 2.05) is 0 Å². The number of ketones is 4. The second-order valence-electron chi connectivity index (χ2n) is 16.9.